The van der Waals surface area contributed by atoms with Gasteiger partial charge in [0.05, 0.1) is 6.61 Å². The van der Waals surface area contributed by atoms with Crippen LogP contribution in [0.25, 0.3) is 0 Å². The maximum absolute atomic E-state index is 12.3. The molecule has 0 aromatic heterocycles. The van der Waals surface area contributed by atoms with Crippen LogP contribution in [-0.4, -0.2) is 35.7 Å². The summed E-state index contributed by atoms with van der Waals surface area (Å²) >= 11 is 5.27. The number of carbonyl (C=O) groups is 1. The van der Waals surface area contributed by atoms with E-state index in [1.807, 2.05) is 49.9 Å². The second kappa shape index (κ2) is 9.77. The number of rotatable bonds is 7. The predicted molar refractivity (Wildman–Crippen MR) is 108 cm³/mol. The van der Waals surface area contributed by atoms with E-state index in [-0.39, 0.29) is 5.91 Å². The van der Waals surface area contributed by atoms with Crippen LogP contribution in [0.5, 0.6) is 11.5 Å². The molecule has 0 spiro atoms. The van der Waals surface area contributed by atoms with Gasteiger partial charge in [0.2, 0.25) is 0 Å². The number of ether oxygens (including phenoxy) is 2. The molecule has 0 saturated carbocycles. The van der Waals surface area contributed by atoms with Gasteiger partial charge in [-0.15, -0.1) is 0 Å². The van der Waals surface area contributed by atoms with Crippen LogP contribution < -0.4 is 14.8 Å². The molecule has 26 heavy (non-hydrogen) atoms. The fourth-order valence-electron chi connectivity index (χ4n) is 2.33. The normalized spacial score (nSPS) is 10.1. The van der Waals surface area contributed by atoms with Crippen LogP contribution in [-0.2, 0) is 0 Å². The van der Waals surface area contributed by atoms with Gasteiger partial charge in [0, 0.05) is 24.3 Å². The summed E-state index contributed by atoms with van der Waals surface area (Å²) in [5.74, 6) is 1.20. The van der Waals surface area contributed by atoms with Crippen molar-refractivity contribution >= 4 is 29.0 Å². The van der Waals surface area contributed by atoms with Gasteiger partial charge >= 0.3 is 0 Å². The zero-order chi connectivity index (χ0) is 18.9. The van der Waals surface area contributed by atoms with Crippen LogP contribution in [0.15, 0.2) is 48.5 Å². The Balaban J connectivity index is 1.96. The third-order valence-corrected chi connectivity index (χ3v) is 4.11. The van der Waals surface area contributed by atoms with E-state index in [9.17, 15) is 4.79 Å². The summed E-state index contributed by atoms with van der Waals surface area (Å²) in [6.45, 7) is 8.16. The molecule has 0 aliphatic rings. The van der Waals surface area contributed by atoms with E-state index in [0.717, 1.165) is 18.8 Å². The highest BCUT2D eigenvalue weighted by Gasteiger charge is 2.10. The second-order valence-electron chi connectivity index (χ2n) is 5.48. The molecular formula is C20H24N2O3S. The first-order valence-electron chi connectivity index (χ1n) is 8.68. The Kier molecular flexibility index (Phi) is 7.41. The molecule has 1 amide bonds. The maximum Gasteiger partial charge on any atom is 0.264 e. The Labute approximate surface area is 159 Å². The van der Waals surface area contributed by atoms with Gasteiger partial charge in [0.25, 0.3) is 11.1 Å². The molecule has 0 atom stereocenters. The van der Waals surface area contributed by atoms with Crippen molar-refractivity contribution in [2.45, 2.75) is 20.8 Å². The van der Waals surface area contributed by atoms with Gasteiger partial charge in [-0.3, -0.25) is 4.79 Å². The molecule has 6 heteroatoms. The Morgan fingerprint density at radius 2 is 1.54 bits per heavy atom. The van der Waals surface area contributed by atoms with Crippen molar-refractivity contribution in [2.75, 3.05) is 25.0 Å². The van der Waals surface area contributed by atoms with Crippen molar-refractivity contribution in [1.29, 1.82) is 0 Å². The first kappa shape index (κ1) is 19.7. The smallest absolute Gasteiger partial charge is 0.264 e. The minimum Gasteiger partial charge on any atom is -0.494 e. The molecule has 2 aromatic carbocycles. The van der Waals surface area contributed by atoms with Crippen LogP contribution in [0.1, 0.15) is 31.1 Å². The first-order valence-corrected chi connectivity index (χ1v) is 9.09. The molecule has 0 fully saturated rings. The third kappa shape index (κ3) is 5.46. The van der Waals surface area contributed by atoms with Crippen LogP contribution in [0.4, 0.5) is 5.69 Å². The molecule has 5 nitrogen and oxygen atoms in total. The quantitative estimate of drug-likeness (QED) is 0.733. The summed E-state index contributed by atoms with van der Waals surface area (Å²) in [7, 11) is 0. The van der Waals surface area contributed by atoms with Crippen molar-refractivity contribution in [3.63, 3.8) is 0 Å². The monoisotopic (exact) mass is 372 g/mol. The predicted octanol–water partition coefficient (Wildman–Crippen LogP) is 4.34. The lowest BCUT2D eigenvalue weighted by molar-refractivity contribution is 0.102. The number of amides is 1. The van der Waals surface area contributed by atoms with E-state index in [4.69, 9.17) is 21.7 Å². The molecule has 1 N–H and O–H groups in total. The van der Waals surface area contributed by atoms with Gasteiger partial charge < -0.3 is 19.7 Å². The Morgan fingerprint density at radius 3 is 2.08 bits per heavy atom. The number of nitrogens with zero attached hydrogens (tertiary/aromatic N) is 1. The van der Waals surface area contributed by atoms with Gasteiger partial charge in [0.15, 0.2) is 0 Å². The summed E-state index contributed by atoms with van der Waals surface area (Å²) < 4.78 is 11.0. The van der Waals surface area contributed by atoms with Crippen LogP contribution >= 0.6 is 12.2 Å². The molecule has 0 saturated heterocycles. The zero-order valence-corrected chi connectivity index (χ0v) is 16.1. The molecule has 0 aliphatic heterocycles. The second-order valence-corrected chi connectivity index (χ2v) is 5.83. The molecule has 0 bridgehead atoms. The van der Waals surface area contributed by atoms with Crippen molar-refractivity contribution < 1.29 is 14.3 Å². The lowest BCUT2D eigenvalue weighted by atomic mass is 10.2. The summed E-state index contributed by atoms with van der Waals surface area (Å²) in [5.41, 5.74) is 1.25. The molecular weight excluding hydrogens is 348 g/mol. The molecule has 0 unspecified atom stereocenters. The van der Waals surface area contributed by atoms with Gasteiger partial charge in [0.1, 0.15) is 11.5 Å². The highest BCUT2D eigenvalue weighted by molar-refractivity contribution is 7.80. The number of hydrogen-bond acceptors (Lipinski definition) is 4. The van der Waals surface area contributed by atoms with Gasteiger partial charge in [-0.25, -0.2) is 0 Å². The fourth-order valence-corrected chi connectivity index (χ4v) is 2.68. The van der Waals surface area contributed by atoms with Crippen LogP contribution in [0, 0.1) is 0 Å². The minimum absolute atomic E-state index is 0.188. The average Bonchev–Trinajstić information content (AvgIpc) is 2.65. The van der Waals surface area contributed by atoms with Gasteiger partial charge in [-0.2, -0.15) is 0 Å². The molecule has 0 aliphatic carbocycles. The molecule has 0 radical (unpaired) electrons. The lowest BCUT2D eigenvalue weighted by Gasteiger charge is -2.21. The topological polar surface area (TPSA) is 50.8 Å². The number of anilines is 1. The molecule has 2 rings (SSSR count). The van der Waals surface area contributed by atoms with Crippen molar-refractivity contribution in [3.8, 4) is 11.5 Å². The number of benzene rings is 2. The van der Waals surface area contributed by atoms with Crippen LogP contribution in [0.2, 0.25) is 0 Å². The van der Waals surface area contributed by atoms with Crippen LogP contribution in [0.3, 0.4) is 0 Å². The number of nitrogens with one attached hydrogen (secondary N) is 1. The van der Waals surface area contributed by atoms with E-state index in [2.05, 4.69) is 5.32 Å². The molecule has 2 aromatic rings. The Bertz CT molecular complexity index is 726. The number of carbonyl (C=O) groups excluding carboxylic acids is 1. The van der Waals surface area contributed by atoms with Gasteiger partial charge in [-0.1, -0.05) is 0 Å². The fraction of sp³-hybridized carbons (Fsp3) is 0.300. The summed E-state index contributed by atoms with van der Waals surface area (Å²) in [6.07, 6.45) is 0. The number of thiocarbonyl (C=S) groups is 1. The standard InChI is InChI=1S/C20H24N2O3S/c1-4-22(5-2)20(26)25-18-11-7-15(8-12-18)19(23)21-16-9-13-17(14-10-16)24-6-3/h7-14H,4-6H2,1-3H3,(H,21,23). The minimum atomic E-state index is -0.188. The van der Waals surface area contributed by atoms with Crippen molar-refractivity contribution in [2.24, 2.45) is 0 Å². The summed E-state index contributed by atoms with van der Waals surface area (Å²) in [5, 5.41) is 3.29. The maximum atomic E-state index is 12.3. The Morgan fingerprint density at radius 1 is 0.962 bits per heavy atom. The highest BCUT2D eigenvalue weighted by Crippen LogP contribution is 2.18. The van der Waals surface area contributed by atoms with E-state index in [1.165, 1.54) is 0 Å². The molecule has 0 heterocycles. The molecule has 138 valence electrons. The van der Waals surface area contributed by atoms with Crippen molar-refractivity contribution in [1.82, 2.24) is 4.90 Å². The van der Waals surface area contributed by atoms with E-state index in [0.29, 0.717) is 28.8 Å². The van der Waals surface area contributed by atoms with E-state index in [1.54, 1.807) is 24.3 Å². The highest BCUT2D eigenvalue weighted by atomic mass is 32.1. The van der Waals surface area contributed by atoms with E-state index < -0.39 is 0 Å². The largest absolute Gasteiger partial charge is 0.494 e. The number of hydrogen-bond donors (Lipinski definition) is 1. The third-order valence-electron chi connectivity index (χ3n) is 3.77. The summed E-state index contributed by atoms with van der Waals surface area (Å²) in [6, 6.07) is 14.2. The van der Waals surface area contributed by atoms with Crippen molar-refractivity contribution in [3.05, 3.63) is 54.1 Å². The lowest BCUT2D eigenvalue weighted by Crippen LogP contribution is -2.32. The zero-order valence-electron chi connectivity index (χ0n) is 15.3. The average molecular weight is 372 g/mol. The SMILES string of the molecule is CCOc1ccc(NC(=O)c2ccc(OC(=S)N(CC)CC)cc2)cc1. The van der Waals surface area contributed by atoms with Gasteiger partial charge in [-0.05, 0) is 81.5 Å². The first-order chi connectivity index (χ1) is 12.6. The Hall–Kier alpha value is -2.60. The summed E-state index contributed by atoms with van der Waals surface area (Å²) in [4.78, 5) is 14.3. The van der Waals surface area contributed by atoms with E-state index >= 15 is 0 Å².